The van der Waals surface area contributed by atoms with E-state index in [0.717, 1.165) is 11.1 Å². The van der Waals surface area contributed by atoms with Gasteiger partial charge in [-0.2, -0.15) is 5.26 Å². The van der Waals surface area contributed by atoms with Crippen LogP contribution in [0.15, 0.2) is 76.8 Å². The second-order valence-corrected chi connectivity index (χ2v) is 7.63. The molecular formula is C25H20BrFN2O3. The van der Waals surface area contributed by atoms with E-state index in [0.29, 0.717) is 28.1 Å². The van der Waals surface area contributed by atoms with Crippen molar-refractivity contribution in [3.63, 3.8) is 0 Å². The summed E-state index contributed by atoms with van der Waals surface area (Å²) in [5.41, 5.74) is 2.28. The zero-order valence-corrected chi connectivity index (χ0v) is 18.9. The van der Waals surface area contributed by atoms with Crippen LogP contribution >= 0.6 is 15.9 Å². The molecule has 162 valence electrons. The molecule has 0 saturated carbocycles. The predicted octanol–water partition coefficient (Wildman–Crippen LogP) is 5.40. The molecule has 0 atom stereocenters. The molecule has 0 radical (unpaired) electrons. The minimum atomic E-state index is -0.473. The number of hydrogen-bond donors (Lipinski definition) is 1. The van der Waals surface area contributed by atoms with Crippen molar-refractivity contribution in [2.24, 2.45) is 0 Å². The van der Waals surface area contributed by atoms with E-state index in [9.17, 15) is 14.4 Å². The Morgan fingerprint density at radius 1 is 1.09 bits per heavy atom. The number of halogens is 2. The maximum Gasteiger partial charge on any atom is 0.262 e. The third-order valence-electron chi connectivity index (χ3n) is 4.55. The van der Waals surface area contributed by atoms with Gasteiger partial charge < -0.3 is 14.8 Å². The number of nitrogens with one attached hydrogen (secondary N) is 1. The van der Waals surface area contributed by atoms with Crippen LogP contribution in [-0.4, -0.2) is 13.0 Å². The maximum atomic E-state index is 13.1. The molecule has 3 aromatic carbocycles. The molecule has 0 aliphatic heterocycles. The van der Waals surface area contributed by atoms with Gasteiger partial charge in [-0.3, -0.25) is 4.79 Å². The van der Waals surface area contributed by atoms with Gasteiger partial charge in [0.15, 0.2) is 11.5 Å². The fourth-order valence-electron chi connectivity index (χ4n) is 2.85. The van der Waals surface area contributed by atoms with E-state index < -0.39 is 5.91 Å². The number of carbonyl (C=O) groups excluding carboxylic acids is 1. The Bertz CT molecular complexity index is 1160. The van der Waals surface area contributed by atoms with Crippen molar-refractivity contribution in [3.05, 3.63) is 99.3 Å². The average molecular weight is 495 g/mol. The maximum absolute atomic E-state index is 13.1. The number of carbonyl (C=O) groups is 1. The minimum Gasteiger partial charge on any atom is -0.493 e. The molecule has 3 aromatic rings. The first-order valence-corrected chi connectivity index (χ1v) is 10.5. The van der Waals surface area contributed by atoms with Crippen LogP contribution in [0.2, 0.25) is 0 Å². The highest BCUT2D eigenvalue weighted by Crippen LogP contribution is 2.35. The van der Waals surface area contributed by atoms with Crippen molar-refractivity contribution in [2.75, 3.05) is 7.11 Å². The molecule has 0 unspecified atom stereocenters. The quantitative estimate of drug-likeness (QED) is 0.336. The summed E-state index contributed by atoms with van der Waals surface area (Å²) in [5.74, 6) is 0.113. The first kappa shape index (κ1) is 23.0. The Morgan fingerprint density at radius 2 is 1.81 bits per heavy atom. The van der Waals surface area contributed by atoms with Crippen molar-refractivity contribution >= 4 is 27.9 Å². The van der Waals surface area contributed by atoms with Gasteiger partial charge in [-0.1, -0.05) is 58.4 Å². The predicted molar refractivity (Wildman–Crippen MR) is 123 cm³/mol. The van der Waals surface area contributed by atoms with E-state index in [4.69, 9.17) is 9.47 Å². The third kappa shape index (κ3) is 6.19. The van der Waals surface area contributed by atoms with Gasteiger partial charge in [-0.25, -0.2) is 4.39 Å². The van der Waals surface area contributed by atoms with Gasteiger partial charge in [0.25, 0.3) is 5.91 Å². The Morgan fingerprint density at radius 3 is 2.47 bits per heavy atom. The van der Waals surface area contributed by atoms with Gasteiger partial charge in [0.1, 0.15) is 24.1 Å². The zero-order chi connectivity index (χ0) is 22.9. The van der Waals surface area contributed by atoms with Crippen LogP contribution in [0, 0.1) is 17.1 Å². The van der Waals surface area contributed by atoms with E-state index in [1.54, 1.807) is 24.3 Å². The smallest absolute Gasteiger partial charge is 0.262 e. The van der Waals surface area contributed by atoms with Crippen LogP contribution < -0.4 is 14.8 Å². The minimum absolute atomic E-state index is 0.0383. The van der Waals surface area contributed by atoms with Crippen LogP contribution in [0.3, 0.4) is 0 Å². The summed E-state index contributed by atoms with van der Waals surface area (Å²) in [6.07, 6.45) is 1.48. The molecular weight excluding hydrogens is 475 g/mol. The number of ether oxygens (including phenoxy) is 2. The molecule has 0 heterocycles. The number of nitriles is 1. The van der Waals surface area contributed by atoms with Crippen LogP contribution in [0.25, 0.3) is 6.08 Å². The van der Waals surface area contributed by atoms with Crippen LogP contribution in [0.4, 0.5) is 4.39 Å². The molecule has 1 amide bonds. The fourth-order valence-corrected chi connectivity index (χ4v) is 3.29. The Balaban J connectivity index is 1.75. The van der Waals surface area contributed by atoms with Gasteiger partial charge in [-0.15, -0.1) is 0 Å². The van der Waals surface area contributed by atoms with Crippen molar-refractivity contribution in [3.8, 4) is 17.6 Å². The van der Waals surface area contributed by atoms with Crippen LogP contribution in [0.1, 0.15) is 16.7 Å². The highest BCUT2D eigenvalue weighted by atomic mass is 79.9. The van der Waals surface area contributed by atoms with Gasteiger partial charge in [0, 0.05) is 11.0 Å². The summed E-state index contributed by atoms with van der Waals surface area (Å²) in [4.78, 5) is 12.5. The standard InChI is InChI=1S/C25H20BrFN2O3/c1-31-23-12-19(11-20(14-28)25(30)29-15-17-5-3-2-4-6-17)22(26)13-24(23)32-16-18-7-9-21(27)10-8-18/h2-13H,15-16H2,1H3,(H,29,30). The molecule has 3 rings (SSSR count). The molecule has 0 aliphatic carbocycles. The monoisotopic (exact) mass is 494 g/mol. The topological polar surface area (TPSA) is 71.3 Å². The van der Waals surface area contributed by atoms with Crippen molar-refractivity contribution in [1.29, 1.82) is 5.26 Å². The summed E-state index contributed by atoms with van der Waals surface area (Å²) in [5, 5.41) is 12.2. The number of hydrogen-bond acceptors (Lipinski definition) is 4. The van der Waals surface area contributed by atoms with Gasteiger partial charge >= 0.3 is 0 Å². The van der Waals surface area contributed by atoms with Crippen molar-refractivity contribution in [2.45, 2.75) is 13.2 Å². The SMILES string of the molecule is COc1cc(C=C(C#N)C(=O)NCc2ccccc2)c(Br)cc1OCc1ccc(F)cc1. The summed E-state index contributed by atoms with van der Waals surface area (Å²) >= 11 is 3.46. The molecule has 0 aromatic heterocycles. The lowest BCUT2D eigenvalue weighted by Gasteiger charge is -2.13. The highest BCUT2D eigenvalue weighted by Gasteiger charge is 2.14. The highest BCUT2D eigenvalue weighted by molar-refractivity contribution is 9.10. The lowest BCUT2D eigenvalue weighted by molar-refractivity contribution is -0.117. The normalized spacial score (nSPS) is 10.9. The van der Waals surface area contributed by atoms with Crippen molar-refractivity contribution in [1.82, 2.24) is 5.32 Å². The van der Waals surface area contributed by atoms with E-state index >= 15 is 0 Å². The van der Waals surface area contributed by atoms with Gasteiger partial charge in [-0.05, 0) is 47.0 Å². The number of rotatable bonds is 8. The lowest BCUT2D eigenvalue weighted by atomic mass is 10.1. The molecule has 0 aliphatic rings. The fraction of sp³-hybridized carbons (Fsp3) is 0.120. The Hall–Kier alpha value is -3.63. The molecule has 5 nitrogen and oxygen atoms in total. The molecule has 0 bridgehead atoms. The molecule has 0 spiro atoms. The van der Waals surface area contributed by atoms with Crippen LogP contribution in [-0.2, 0) is 17.9 Å². The Kier molecular flexibility index (Phi) is 8.01. The number of amides is 1. The van der Waals surface area contributed by atoms with Crippen LogP contribution in [0.5, 0.6) is 11.5 Å². The van der Waals surface area contributed by atoms with Gasteiger partial charge in [0.05, 0.1) is 7.11 Å². The number of benzene rings is 3. The first-order valence-electron chi connectivity index (χ1n) is 9.69. The van der Waals surface area contributed by atoms with E-state index in [-0.39, 0.29) is 18.0 Å². The first-order chi connectivity index (χ1) is 15.5. The lowest BCUT2D eigenvalue weighted by Crippen LogP contribution is -2.23. The van der Waals surface area contributed by atoms with E-state index in [1.807, 2.05) is 36.4 Å². The third-order valence-corrected chi connectivity index (χ3v) is 5.24. The summed E-state index contributed by atoms with van der Waals surface area (Å²) in [6, 6.07) is 20.8. The number of nitrogens with zero attached hydrogens (tertiary/aromatic N) is 1. The zero-order valence-electron chi connectivity index (χ0n) is 17.3. The largest absolute Gasteiger partial charge is 0.493 e. The van der Waals surface area contributed by atoms with E-state index in [1.165, 1.54) is 25.3 Å². The van der Waals surface area contributed by atoms with Crippen molar-refractivity contribution < 1.29 is 18.7 Å². The second-order valence-electron chi connectivity index (χ2n) is 6.78. The average Bonchev–Trinajstić information content (AvgIpc) is 2.82. The number of methoxy groups -OCH3 is 1. The molecule has 7 heteroatoms. The summed E-state index contributed by atoms with van der Waals surface area (Å²) < 4.78 is 24.9. The summed E-state index contributed by atoms with van der Waals surface area (Å²) in [7, 11) is 1.50. The van der Waals surface area contributed by atoms with Gasteiger partial charge in [0.2, 0.25) is 0 Å². The molecule has 0 saturated heterocycles. The molecule has 0 fully saturated rings. The summed E-state index contributed by atoms with van der Waals surface area (Å²) in [6.45, 7) is 0.545. The molecule has 32 heavy (non-hydrogen) atoms. The second kappa shape index (κ2) is 11.1. The molecule has 1 N–H and O–H groups in total. The Labute approximate surface area is 194 Å². The van der Waals surface area contributed by atoms with E-state index in [2.05, 4.69) is 21.2 Å².